The molecule has 1 fully saturated rings. The van der Waals surface area contributed by atoms with Gasteiger partial charge in [0.05, 0.1) is 4.83 Å². The van der Waals surface area contributed by atoms with Gasteiger partial charge in [-0.2, -0.15) is 0 Å². The van der Waals surface area contributed by atoms with Crippen LogP contribution >= 0.6 is 15.9 Å². The number of halogens is 1. The fourth-order valence-corrected chi connectivity index (χ4v) is 1.31. The Bertz CT molecular complexity index is 145. The smallest absolute Gasteiger partial charge is 0.130 e. The fourth-order valence-electron chi connectivity index (χ4n) is 0.838. The zero-order valence-corrected chi connectivity index (χ0v) is 6.94. The summed E-state index contributed by atoms with van der Waals surface area (Å²) in [4.78, 5) is 0.449. The molecule has 1 rings (SSSR count). The summed E-state index contributed by atoms with van der Waals surface area (Å²) >= 11 is 3.48. The highest BCUT2D eigenvalue weighted by atomic mass is 79.9. The number of alkyl halides is 1. The zero-order valence-electron chi connectivity index (χ0n) is 5.36. The van der Waals surface area contributed by atoms with Gasteiger partial charge in [-0.25, -0.2) is 0 Å². The summed E-state index contributed by atoms with van der Waals surface area (Å²) in [5.41, 5.74) is 0. The summed E-state index contributed by atoms with van der Waals surface area (Å²) in [6, 6.07) is 0. The maximum atomic E-state index is 5.29. The van der Waals surface area contributed by atoms with Gasteiger partial charge in [-0.1, -0.05) is 21.9 Å². The van der Waals surface area contributed by atoms with E-state index in [1.54, 1.807) is 0 Å². The summed E-state index contributed by atoms with van der Waals surface area (Å²) in [7, 11) is 0. The van der Waals surface area contributed by atoms with Crippen molar-refractivity contribution in [3.05, 3.63) is 0 Å². The summed E-state index contributed by atoms with van der Waals surface area (Å²) < 4.78 is 5.29. The average molecular weight is 189 g/mol. The monoisotopic (exact) mass is 188 g/mol. The van der Waals surface area contributed by atoms with E-state index in [4.69, 9.17) is 4.74 Å². The molecule has 0 N–H and O–H groups in total. The topological polar surface area (TPSA) is 9.23 Å². The van der Waals surface area contributed by atoms with E-state index < -0.39 is 0 Å². The number of hydrogen-bond donors (Lipinski definition) is 0. The van der Waals surface area contributed by atoms with Crippen molar-refractivity contribution in [2.75, 3.05) is 6.61 Å². The molecule has 0 aromatic carbocycles. The molecule has 0 spiro atoms. The minimum atomic E-state index is 0.134. The normalized spacial score (nSPS) is 33.6. The van der Waals surface area contributed by atoms with Crippen LogP contribution in [0.2, 0.25) is 0 Å². The Morgan fingerprint density at radius 1 is 1.67 bits per heavy atom. The maximum Gasteiger partial charge on any atom is 0.130 e. The van der Waals surface area contributed by atoms with Gasteiger partial charge in [0, 0.05) is 6.61 Å². The molecule has 2 atom stereocenters. The lowest BCUT2D eigenvalue weighted by atomic mass is 10.2. The van der Waals surface area contributed by atoms with Crippen molar-refractivity contribution in [1.29, 1.82) is 0 Å². The minimum Gasteiger partial charge on any atom is -0.364 e. The summed E-state index contributed by atoms with van der Waals surface area (Å²) in [6.45, 7) is 2.68. The van der Waals surface area contributed by atoms with E-state index in [2.05, 4.69) is 27.8 Å². The molecule has 1 saturated heterocycles. The van der Waals surface area contributed by atoms with Gasteiger partial charge in [-0.15, -0.1) is 5.92 Å². The lowest BCUT2D eigenvalue weighted by Gasteiger charge is -2.02. The van der Waals surface area contributed by atoms with Gasteiger partial charge in [0.2, 0.25) is 0 Å². The molecule has 50 valence electrons. The molecule has 0 radical (unpaired) electrons. The van der Waals surface area contributed by atoms with E-state index in [-0.39, 0.29) is 6.10 Å². The third-order valence-corrected chi connectivity index (χ3v) is 2.24. The van der Waals surface area contributed by atoms with Crippen molar-refractivity contribution in [3.63, 3.8) is 0 Å². The maximum absolute atomic E-state index is 5.29. The lowest BCUT2D eigenvalue weighted by molar-refractivity contribution is 0.154. The van der Waals surface area contributed by atoms with E-state index in [9.17, 15) is 0 Å². The molecule has 1 nitrogen and oxygen atoms in total. The van der Waals surface area contributed by atoms with Crippen LogP contribution in [0, 0.1) is 11.8 Å². The first-order valence-electron chi connectivity index (χ1n) is 3.02. The molecule has 1 heterocycles. The molecule has 2 heteroatoms. The van der Waals surface area contributed by atoms with E-state index in [1.165, 1.54) is 0 Å². The third-order valence-electron chi connectivity index (χ3n) is 1.31. The van der Waals surface area contributed by atoms with Gasteiger partial charge in [0.15, 0.2) is 0 Å². The van der Waals surface area contributed by atoms with Crippen LogP contribution in [-0.2, 0) is 4.74 Å². The molecule has 0 saturated carbocycles. The van der Waals surface area contributed by atoms with Crippen LogP contribution in [0.4, 0.5) is 0 Å². The Labute approximate surface area is 63.9 Å². The van der Waals surface area contributed by atoms with Crippen molar-refractivity contribution in [2.24, 2.45) is 0 Å². The Morgan fingerprint density at radius 2 is 2.44 bits per heavy atom. The molecule has 1 aliphatic heterocycles. The van der Waals surface area contributed by atoms with Crippen molar-refractivity contribution in [3.8, 4) is 11.8 Å². The van der Waals surface area contributed by atoms with Crippen LogP contribution in [0.15, 0.2) is 0 Å². The molecular formula is C7H9BrO. The lowest BCUT2D eigenvalue weighted by Crippen LogP contribution is -2.11. The van der Waals surface area contributed by atoms with E-state index >= 15 is 0 Å². The van der Waals surface area contributed by atoms with Crippen LogP contribution < -0.4 is 0 Å². The van der Waals surface area contributed by atoms with Gasteiger partial charge >= 0.3 is 0 Å². The predicted octanol–water partition coefficient (Wildman–Crippen LogP) is 1.56. The quantitative estimate of drug-likeness (QED) is 0.415. The van der Waals surface area contributed by atoms with Gasteiger partial charge in [-0.05, 0) is 13.3 Å². The first kappa shape index (κ1) is 7.11. The van der Waals surface area contributed by atoms with Crippen molar-refractivity contribution in [2.45, 2.75) is 24.3 Å². The first-order chi connectivity index (χ1) is 4.34. The number of ether oxygens (including phenoxy) is 1. The molecule has 0 aromatic rings. The highest BCUT2D eigenvalue weighted by Gasteiger charge is 2.23. The molecule has 0 amide bonds. The Balaban J connectivity index is 2.46. The SMILES string of the molecule is CC#CC1OCCC1Br. The van der Waals surface area contributed by atoms with Crippen molar-refractivity contribution >= 4 is 15.9 Å². The van der Waals surface area contributed by atoms with Crippen LogP contribution in [0.5, 0.6) is 0 Å². The molecule has 1 aliphatic rings. The second kappa shape index (κ2) is 3.24. The van der Waals surface area contributed by atoms with Crippen molar-refractivity contribution < 1.29 is 4.74 Å². The third kappa shape index (κ3) is 1.70. The highest BCUT2D eigenvalue weighted by Crippen LogP contribution is 2.19. The predicted molar refractivity (Wildman–Crippen MR) is 40.5 cm³/mol. The standard InChI is InChI=1S/C7H9BrO/c1-2-3-7-6(8)4-5-9-7/h6-7H,4-5H2,1H3. The van der Waals surface area contributed by atoms with Gasteiger partial charge in [-0.3, -0.25) is 0 Å². The zero-order chi connectivity index (χ0) is 6.69. The molecule has 0 aliphatic carbocycles. The number of hydrogen-bond acceptors (Lipinski definition) is 1. The first-order valence-corrected chi connectivity index (χ1v) is 3.94. The van der Waals surface area contributed by atoms with E-state index in [0.717, 1.165) is 13.0 Å². The Morgan fingerprint density at radius 3 is 2.89 bits per heavy atom. The van der Waals surface area contributed by atoms with Crippen LogP contribution in [-0.4, -0.2) is 17.5 Å². The highest BCUT2D eigenvalue weighted by molar-refractivity contribution is 9.09. The molecule has 0 bridgehead atoms. The molecule has 2 unspecified atom stereocenters. The average Bonchev–Trinajstić information content (AvgIpc) is 2.18. The van der Waals surface area contributed by atoms with Gasteiger partial charge in [0.25, 0.3) is 0 Å². The largest absolute Gasteiger partial charge is 0.364 e. The van der Waals surface area contributed by atoms with Gasteiger partial charge < -0.3 is 4.74 Å². The van der Waals surface area contributed by atoms with Crippen molar-refractivity contribution in [1.82, 2.24) is 0 Å². The summed E-state index contributed by atoms with van der Waals surface area (Å²) in [5, 5.41) is 0. The van der Waals surface area contributed by atoms with E-state index in [1.807, 2.05) is 6.92 Å². The number of rotatable bonds is 0. The van der Waals surface area contributed by atoms with Crippen LogP contribution in [0.1, 0.15) is 13.3 Å². The second-order valence-electron chi connectivity index (χ2n) is 1.99. The Kier molecular flexibility index (Phi) is 2.56. The van der Waals surface area contributed by atoms with Crippen LogP contribution in [0.25, 0.3) is 0 Å². The minimum absolute atomic E-state index is 0.134. The summed E-state index contributed by atoms with van der Waals surface area (Å²) in [6.07, 6.45) is 1.22. The fraction of sp³-hybridized carbons (Fsp3) is 0.714. The Hall–Kier alpha value is 0. The van der Waals surface area contributed by atoms with Gasteiger partial charge in [0.1, 0.15) is 6.10 Å². The molecule has 0 aromatic heterocycles. The van der Waals surface area contributed by atoms with Crippen LogP contribution in [0.3, 0.4) is 0 Å². The van der Waals surface area contributed by atoms with E-state index in [0.29, 0.717) is 4.83 Å². The molecule has 9 heavy (non-hydrogen) atoms. The second-order valence-corrected chi connectivity index (χ2v) is 3.17. The molecular weight excluding hydrogens is 180 g/mol. The summed E-state index contributed by atoms with van der Waals surface area (Å²) in [5.74, 6) is 5.81.